The van der Waals surface area contributed by atoms with Crippen LogP contribution in [0.3, 0.4) is 0 Å². The van der Waals surface area contributed by atoms with Gasteiger partial charge in [0.15, 0.2) is 0 Å². The number of alkyl halides is 3. The number of halogens is 3. The molecule has 136 valence electrons. The van der Waals surface area contributed by atoms with E-state index in [-0.39, 0.29) is 23.4 Å². The van der Waals surface area contributed by atoms with E-state index in [0.717, 1.165) is 25.3 Å². The quantitative estimate of drug-likeness (QED) is 0.854. The van der Waals surface area contributed by atoms with Crippen LogP contribution in [-0.2, 0) is 6.18 Å². The maximum atomic E-state index is 13.7. The first kappa shape index (κ1) is 17.4. The summed E-state index contributed by atoms with van der Waals surface area (Å²) in [6.07, 6.45) is -0.792. The molecule has 0 atom stereocenters. The topological polar surface area (TPSA) is 89.2 Å². The van der Waals surface area contributed by atoms with Crippen molar-refractivity contribution in [2.24, 2.45) is 21.5 Å². The molecule has 1 aromatic carbocycles. The van der Waals surface area contributed by atoms with Crippen LogP contribution in [0.1, 0.15) is 37.7 Å². The Bertz CT molecular complexity index is 723. The zero-order chi connectivity index (χ0) is 18.2. The van der Waals surface area contributed by atoms with Crippen molar-refractivity contribution in [1.82, 2.24) is 0 Å². The number of aliphatic imine (C=N–C) groups is 2. The van der Waals surface area contributed by atoms with Crippen molar-refractivity contribution < 1.29 is 17.9 Å². The molecule has 1 aliphatic heterocycles. The van der Waals surface area contributed by atoms with Crippen LogP contribution >= 0.6 is 0 Å². The van der Waals surface area contributed by atoms with E-state index in [9.17, 15) is 13.2 Å². The molecule has 0 amide bonds. The molecule has 0 saturated heterocycles. The average Bonchev–Trinajstić information content (AvgIpc) is 2.54. The normalized spacial score (nSPS) is 20.2. The Kier molecular flexibility index (Phi) is 4.26. The molecule has 1 spiro atoms. The highest BCUT2D eigenvalue weighted by atomic mass is 19.4. The van der Waals surface area contributed by atoms with Gasteiger partial charge in [0.2, 0.25) is 11.9 Å². The van der Waals surface area contributed by atoms with E-state index in [1.54, 1.807) is 0 Å². The van der Waals surface area contributed by atoms with E-state index in [2.05, 4.69) is 9.98 Å². The van der Waals surface area contributed by atoms with E-state index in [1.807, 2.05) is 0 Å². The van der Waals surface area contributed by atoms with Crippen molar-refractivity contribution >= 4 is 17.6 Å². The van der Waals surface area contributed by atoms with Crippen LogP contribution in [-0.4, -0.2) is 24.7 Å². The number of benzene rings is 1. The van der Waals surface area contributed by atoms with Crippen LogP contribution in [0, 0.1) is 0 Å². The van der Waals surface area contributed by atoms with Crippen LogP contribution in [0.4, 0.5) is 18.9 Å². The van der Waals surface area contributed by atoms with Gasteiger partial charge in [-0.1, -0.05) is 6.42 Å². The van der Waals surface area contributed by atoms with Crippen molar-refractivity contribution in [2.75, 3.05) is 12.0 Å². The number of nitrogens with zero attached hydrogens (tertiary/aromatic N) is 3. The summed E-state index contributed by atoms with van der Waals surface area (Å²) in [7, 11) is 1.32. The molecule has 1 aromatic rings. The third kappa shape index (κ3) is 3.10. The van der Waals surface area contributed by atoms with Gasteiger partial charge >= 0.3 is 6.18 Å². The summed E-state index contributed by atoms with van der Waals surface area (Å²) in [6.45, 7) is 0. The van der Waals surface area contributed by atoms with Crippen molar-refractivity contribution in [2.45, 2.75) is 43.9 Å². The Morgan fingerprint density at radius 1 is 1.16 bits per heavy atom. The molecule has 1 heterocycles. The largest absolute Gasteiger partial charge is 0.497 e. The van der Waals surface area contributed by atoms with Gasteiger partial charge in [0, 0.05) is 0 Å². The molecular weight excluding hydrogens is 335 g/mol. The van der Waals surface area contributed by atoms with Gasteiger partial charge in [-0.25, -0.2) is 4.99 Å². The van der Waals surface area contributed by atoms with Crippen LogP contribution in [0.25, 0.3) is 0 Å². The molecule has 0 aromatic heterocycles. The molecule has 3 rings (SSSR count). The number of nitrogens with two attached hydrogens (primary N) is 2. The molecule has 1 aliphatic carbocycles. The number of methoxy groups -OCH3 is 1. The Labute approximate surface area is 143 Å². The fraction of sp³-hybridized carbons (Fsp3) is 0.500. The molecule has 6 nitrogen and oxygen atoms in total. The number of hydrogen-bond acceptors (Lipinski definition) is 6. The minimum atomic E-state index is -4.58. The lowest BCUT2D eigenvalue weighted by molar-refractivity contribution is -0.137. The lowest BCUT2D eigenvalue weighted by atomic mass is 9.87. The summed E-state index contributed by atoms with van der Waals surface area (Å²) in [4.78, 5) is 9.69. The van der Waals surface area contributed by atoms with E-state index in [1.165, 1.54) is 24.1 Å². The van der Waals surface area contributed by atoms with Gasteiger partial charge in [-0.2, -0.15) is 18.2 Å². The van der Waals surface area contributed by atoms with E-state index in [4.69, 9.17) is 16.2 Å². The molecule has 1 fully saturated rings. The highest BCUT2D eigenvalue weighted by molar-refractivity contribution is 6.06. The molecule has 25 heavy (non-hydrogen) atoms. The first-order chi connectivity index (χ1) is 11.8. The number of guanidine groups is 2. The molecule has 0 unspecified atom stereocenters. The number of rotatable bonds is 2. The second-order valence-corrected chi connectivity index (χ2v) is 6.20. The first-order valence-electron chi connectivity index (χ1n) is 8.02. The third-order valence-electron chi connectivity index (χ3n) is 4.60. The maximum Gasteiger partial charge on any atom is 0.418 e. The second-order valence-electron chi connectivity index (χ2n) is 6.20. The molecule has 0 radical (unpaired) electrons. The smallest absolute Gasteiger partial charge is 0.418 e. The molecule has 0 bridgehead atoms. The van der Waals surface area contributed by atoms with E-state index < -0.39 is 17.4 Å². The van der Waals surface area contributed by atoms with Gasteiger partial charge in [-0.15, -0.1) is 0 Å². The Morgan fingerprint density at radius 2 is 1.84 bits per heavy atom. The van der Waals surface area contributed by atoms with Gasteiger partial charge in [0.1, 0.15) is 11.4 Å². The Morgan fingerprint density at radius 3 is 2.44 bits per heavy atom. The van der Waals surface area contributed by atoms with Crippen molar-refractivity contribution in [3.8, 4) is 5.75 Å². The van der Waals surface area contributed by atoms with E-state index in [0.29, 0.717) is 12.8 Å². The molecule has 9 heteroatoms. The monoisotopic (exact) mass is 355 g/mol. The predicted molar refractivity (Wildman–Crippen MR) is 89.5 cm³/mol. The minimum absolute atomic E-state index is 0.00211. The Hall–Kier alpha value is -2.45. The van der Waals surface area contributed by atoms with Crippen LogP contribution in [0.15, 0.2) is 28.2 Å². The van der Waals surface area contributed by atoms with Crippen molar-refractivity contribution in [1.29, 1.82) is 0 Å². The highest BCUT2D eigenvalue weighted by Crippen LogP contribution is 2.45. The van der Waals surface area contributed by atoms with Crippen molar-refractivity contribution in [3.63, 3.8) is 0 Å². The molecule has 4 N–H and O–H groups in total. The van der Waals surface area contributed by atoms with Gasteiger partial charge in [-0.05, 0) is 43.9 Å². The van der Waals surface area contributed by atoms with Crippen LogP contribution in [0.5, 0.6) is 5.75 Å². The van der Waals surface area contributed by atoms with Crippen LogP contribution < -0.4 is 21.1 Å². The van der Waals surface area contributed by atoms with Gasteiger partial charge in [0.05, 0.1) is 18.4 Å². The first-order valence-corrected chi connectivity index (χ1v) is 8.02. The molecule has 2 aliphatic rings. The summed E-state index contributed by atoms with van der Waals surface area (Å²) in [5.74, 6) is 0.0343. The lowest BCUT2D eigenvalue weighted by Crippen LogP contribution is -2.58. The summed E-state index contributed by atoms with van der Waals surface area (Å²) in [6, 6.07) is 3.77. The summed E-state index contributed by atoms with van der Waals surface area (Å²) in [5.41, 5.74) is 9.90. The Balaban J connectivity index is 2.17. The van der Waals surface area contributed by atoms with Crippen LogP contribution in [0.2, 0.25) is 0 Å². The third-order valence-corrected chi connectivity index (χ3v) is 4.60. The zero-order valence-corrected chi connectivity index (χ0v) is 13.8. The molecule has 1 saturated carbocycles. The number of ether oxygens (including phenoxy) is 1. The fourth-order valence-electron chi connectivity index (χ4n) is 3.53. The SMILES string of the molecule is COc1ccc(N2C(N)=NC(N)=NC23CCCCC3)c(C(F)(F)F)c1. The average molecular weight is 355 g/mol. The summed E-state index contributed by atoms with van der Waals surface area (Å²) in [5, 5.41) is 0. The predicted octanol–water partition coefficient (Wildman–Crippen LogP) is 2.82. The zero-order valence-electron chi connectivity index (χ0n) is 13.8. The number of anilines is 1. The van der Waals surface area contributed by atoms with Gasteiger partial charge < -0.3 is 16.2 Å². The standard InChI is InChI=1S/C16H20F3N5O/c1-25-10-5-6-12(11(9-10)16(17,18)19)24-14(21)22-13(20)23-15(24)7-3-2-4-8-15/h5-6,9H,2-4,7-8H2,1H3,(H4,20,21,22,23). The van der Waals surface area contributed by atoms with Crippen molar-refractivity contribution in [3.05, 3.63) is 23.8 Å². The summed E-state index contributed by atoms with van der Waals surface area (Å²) < 4.78 is 45.9. The fourth-order valence-corrected chi connectivity index (χ4v) is 3.53. The maximum absolute atomic E-state index is 13.7. The summed E-state index contributed by atoms with van der Waals surface area (Å²) >= 11 is 0. The van der Waals surface area contributed by atoms with E-state index >= 15 is 0 Å². The molecular formula is C16H20F3N5O. The van der Waals surface area contributed by atoms with Gasteiger partial charge in [0.25, 0.3) is 0 Å². The van der Waals surface area contributed by atoms with Gasteiger partial charge in [-0.3, -0.25) is 4.90 Å². The minimum Gasteiger partial charge on any atom is -0.497 e. The number of hydrogen-bond donors (Lipinski definition) is 2. The lowest BCUT2D eigenvalue weighted by Gasteiger charge is -2.46. The second kappa shape index (κ2) is 6.12. The highest BCUT2D eigenvalue weighted by Gasteiger charge is 2.46.